The maximum Gasteiger partial charge on any atom is 0.137 e. The lowest BCUT2D eigenvalue weighted by Gasteiger charge is -2.39. The molecule has 0 unspecified atom stereocenters. The first-order valence-electron chi connectivity index (χ1n) is 7.89. The normalized spacial score (nSPS) is 20.4. The number of aliphatic hydroxyl groups excluding tert-OH is 1. The van der Waals surface area contributed by atoms with Gasteiger partial charge in [-0.1, -0.05) is 24.3 Å². The maximum absolute atomic E-state index is 9.22. The van der Waals surface area contributed by atoms with Crippen LogP contribution >= 0.6 is 0 Å². The molecule has 22 heavy (non-hydrogen) atoms. The first-order chi connectivity index (χ1) is 10.8. The molecule has 1 aromatic heterocycles. The Morgan fingerprint density at radius 2 is 2.18 bits per heavy atom. The van der Waals surface area contributed by atoms with E-state index in [1.54, 1.807) is 6.20 Å². The van der Waals surface area contributed by atoms with Crippen molar-refractivity contribution >= 4 is 0 Å². The standard InChI is InChI=1S/C17H24N4O/c1-20-9-10-21(13-15(20)6-11-22)12-14-4-2-3-5-16(14)17-18-7-8-19-17/h2-5,7-8,15,22H,6,9-13H2,1H3,(H,18,19)/t15-/m0/s1. The Bertz CT molecular complexity index is 584. The Hall–Kier alpha value is -1.69. The Balaban J connectivity index is 1.74. The van der Waals surface area contributed by atoms with Gasteiger partial charge >= 0.3 is 0 Å². The SMILES string of the molecule is CN1CCN(Cc2ccccc2-c2ncc[nH]2)C[C@@H]1CCO. The molecule has 0 aliphatic carbocycles. The number of aromatic amines is 1. The van der Waals surface area contributed by atoms with Gasteiger partial charge in [0, 0.05) is 56.8 Å². The molecular formula is C17H24N4O. The van der Waals surface area contributed by atoms with Gasteiger partial charge in [-0.3, -0.25) is 4.90 Å². The number of rotatable bonds is 5. The van der Waals surface area contributed by atoms with Crippen LogP contribution in [0.5, 0.6) is 0 Å². The van der Waals surface area contributed by atoms with Gasteiger partial charge in [0.2, 0.25) is 0 Å². The molecule has 5 nitrogen and oxygen atoms in total. The summed E-state index contributed by atoms with van der Waals surface area (Å²) in [6.45, 7) is 4.29. The Labute approximate surface area is 131 Å². The van der Waals surface area contributed by atoms with E-state index in [1.165, 1.54) is 11.1 Å². The summed E-state index contributed by atoms with van der Waals surface area (Å²) in [4.78, 5) is 12.4. The molecule has 3 rings (SSSR count). The van der Waals surface area contributed by atoms with E-state index < -0.39 is 0 Å². The molecule has 0 amide bonds. The van der Waals surface area contributed by atoms with Crippen molar-refractivity contribution in [3.05, 3.63) is 42.2 Å². The number of aromatic nitrogens is 2. The average molecular weight is 300 g/mol. The smallest absolute Gasteiger partial charge is 0.137 e. The summed E-state index contributed by atoms with van der Waals surface area (Å²) in [6.07, 6.45) is 4.49. The van der Waals surface area contributed by atoms with E-state index in [1.807, 2.05) is 6.20 Å². The first-order valence-corrected chi connectivity index (χ1v) is 7.89. The lowest BCUT2D eigenvalue weighted by atomic mass is 10.0. The fraction of sp³-hybridized carbons (Fsp3) is 0.471. The third-order valence-corrected chi connectivity index (χ3v) is 4.49. The van der Waals surface area contributed by atoms with E-state index in [9.17, 15) is 5.11 Å². The topological polar surface area (TPSA) is 55.4 Å². The molecule has 1 atom stereocenters. The van der Waals surface area contributed by atoms with Crippen LogP contribution in [0.2, 0.25) is 0 Å². The molecule has 0 spiro atoms. The molecular weight excluding hydrogens is 276 g/mol. The Kier molecular flexibility index (Phi) is 4.87. The van der Waals surface area contributed by atoms with Crippen LogP contribution in [0.4, 0.5) is 0 Å². The number of imidazole rings is 1. The van der Waals surface area contributed by atoms with Crippen LogP contribution in [-0.2, 0) is 6.54 Å². The fourth-order valence-electron chi connectivity index (χ4n) is 3.16. The number of hydrogen-bond donors (Lipinski definition) is 2. The predicted octanol–water partition coefficient (Wildman–Crippen LogP) is 1.58. The maximum atomic E-state index is 9.22. The minimum absolute atomic E-state index is 0.256. The molecule has 1 aliphatic rings. The zero-order chi connectivity index (χ0) is 15.4. The van der Waals surface area contributed by atoms with Crippen molar-refractivity contribution in [3.63, 3.8) is 0 Å². The third-order valence-electron chi connectivity index (χ3n) is 4.49. The number of hydrogen-bond acceptors (Lipinski definition) is 4. The minimum atomic E-state index is 0.256. The highest BCUT2D eigenvalue weighted by molar-refractivity contribution is 5.59. The Morgan fingerprint density at radius 1 is 1.32 bits per heavy atom. The molecule has 2 aromatic rings. The molecule has 0 radical (unpaired) electrons. The fourth-order valence-corrected chi connectivity index (χ4v) is 3.16. The zero-order valence-corrected chi connectivity index (χ0v) is 13.1. The molecule has 118 valence electrons. The first kappa shape index (κ1) is 15.2. The van der Waals surface area contributed by atoms with E-state index in [2.05, 4.69) is 51.1 Å². The van der Waals surface area contributed by atoms with Gasteiger partial charge < -0.3 is 15.0 Å². The number of nitrogens with zero attached hydrogens (tertiary/aromatic N) is 3. The van der Waals surface area contributed by atoms with E-state index in [0.29, 0.717) is 6.04 Å². The summed E-state index contributed by atoms with van der Waals surface area (Å²) in [6, 6.07) is 8.88. The van der Waals surface area contributed by atoms with Crippen molar-refractivity contribution in [2.75, 3.05) is 33.3 Å². The van der Waals surface area contributed by atoms with Gasteiger partial charge in [0.15, 0.2) is 0 Å². The lowest BCUT2D eigenvalue weighted by Crippen LogP contribution is -2.51. The van der Waals surface area contributed by atoms with Gasteiger partial charge in [-0.05, 0) is 19.0 Å². The number of benzene rings is 1. The van der Waals surface area contributed by atoms with Crippen LogP contribution in [0.1, 0.15) is 12.0 Å². The second-order valence-electron chi connectivity index (χ2n) is 5.98. The molecule has 1 saturated heterocycles. The number of H-pyrrole nitrogens is 1. The number of piperazine rings is 1. The van der Waals surface area contributed by atoms with Crippen molar-refractivity contribution in [1.82, 2.24) is 19.8 Å². The van der Waals surface area contributed by atoms with Crippen molar-refractivity contribution < 1.29 is 5.11 Å². The van der Waals surface area contributed by atoms with Crippen LogP contribution in [0.15, 0.2) is 36.7 Å². The van der Waals surface area contributed by atoms with Crippen molar-refractivity contribution in [1.29, 1.82) is 0 Å². The van der Waals surface area contributed by atoms with Crippen LogP contribution < -0.4 is 0 Å². The van der Waals surface area contributed by atoms with Crippen LogP contribution in [-0.4, -0.2) is 64.2 Å². The van der Waals surface area contributed by atoms with Crippen LogP contribution in [0.3, 0.4) is 0 Å². The van der Waals surface area contributed by atoms with Gasteiger partial charge in [-0.2, -0.15) is 0 Å². The van der Waals surface area contributed by atoms with Gasteiger partial charge in [-0.15, -0.1) is 0 Å². The van der Waals surface area contributed by atoms with Crippen LogP contribution in [0.25, 0.3) is 11.4 Å². The third kappa shape index (κ3) is 3.38. The highest BCUT2D eigenvalue weighted by Crippen LogP contribution is 2.22. The van der Waals surface area contributed by atoms with Crippen molar-refractivity contribution in [2.24, 2.45) is 0 Å². The van der Waals surface area contributed by atoms with Crippen molar-refractivity contribution in [3.8, 4) is 11.4 Å². The number of aliphatic hydroxyl groups is 1. The molecule has 1 aliphatic heterocycles. The Morgan fingerprint density at radius 3 is 2.95 bits per heavy atom. The quantitative estimate of drug-likeness (QED) is 0.880. The molecule has 2 heterocycles. The van der Waals surface area contributed by atoms with E-state index in [0.717, 1.165) is 38.4 Å². The number of nitrogens with one attached hydrogen (secondary N) is 1. The lowest BCUT2D eigenvalue weighted by molar-refractivity contribution is 0.0744. The second kappa shape index (κ2) is 7.05. The van der Waals surface area contributed by atoms with E-state index in [4.69, 9.17) is 0 Å². The summed E-state index contributed by atoms with van der Waals surface area (Å²) in [5, 5.41) is 9.22. The molecule has 0 saturated carbocycles. The van der Waals surface area contributed by atoms with Gasteiger partial charge in [-0.25, -0.2) is 4.98 Å². The van der Waals surface area contributed by atoms with Crippen LogP contribution in [0, 0.1) is 0 Å². The summed E-state index contributed by atoms with van der Waals surface area (Å²) in [5.74, 6) is 0.927. The largest absolute Gasteiger partial charge is 0.396 e. The molecule has 1 fully saturated rings. The molecule has 0 bridgehead atoms. The van der Waals surface area contributed by atoms with Crippen molar-refractivity contribution in [2.45, 2.75) is 19.0 Å². The highest BCUT2D eigenvalue weighted by atomic mass is 16.3. The van der Waals surface area contributed by atoms with Gasteiger partial charge in [0.25, 0.3) is 0 Å². The summed E-state index contributed by atoms with van der Waals surface area (Å²) in [7, 11) is 2.15. The summed E-state index contributed by atoms with van der Waals surface area (Å²) < 4.78 is 0. The number of likely N-dealkylation sites (N-methyl/N-ethyl adjacent to an activating group) is 1. The molecule has 2 N–H and O–H groups in total. The molecule has 5 heteroatoms. The monoisotopic (exact) mass is 300 g/mol. The van der Waals surface area contributed by atoms with E-state index >= 15 is 0 Å². The van der Waals surface area contributed by atoms with Gasteiger partial charge in [0.1, 0.15) is 5.82 Å². The zero-order valence-electron chi connectivity index (χ0n) is 13.1. The summed E-state index contributed by atoms with van der Waals surface area (Å²) >= 11 is 0. The molecule has 1 aromatic carbocycles. The highest BCUT2D eigenvalue weighted by Gasteiger charge is 2.24. The average Bonchev–Trinajstić information content (AvgIpc) is 3.06. The summed E-state index contributed by atoms with van der Waals surface area (Å²) in [5.41, 5.74) is 2.47. The van der Waals surface area contributed by atoms with Gasteiger partial charge in [0.05, 0.1) is 0 Å². The second-order valence-corrected chi connectivity index (χ2v) is 5.98. The van der Waals surface area contributed by atoms with E-state index in [-0.39, 0.29) is 6.61 Å². The predicted molar refractivity (Wildman–Crippen MR) is 87.4 cm³/mol. The minimum Gasteiger partial charge on any atom is -0.396 e.